The number of nitrogens with one attached hydrogen (secondary N) is 2. The fourth-order valence-electron chi connectivity index (χ4n) is 3.13. The number of imidazole rings is 1. The van der Waals surface area contributed by atoms with Crippen LogP contribution in [0.25, 0.3) is 11.0 Å². The second-order valence-corrected chi connectivity index (χ2v) is 5.96. The molecule has 122 valence electrons. The van der Waals surface area contributed by atoms with Gasteiger partial charge in [-0.25, -0.2) is 4.98 Å². The molecule has 3 aromatic rings. The molecule has 0 saturated heterocycles. The van der Waals surface area contributed by atoms with Crippen LogP contribution in [0.15, 0.2) is 36.4 Å². The van der Waals surface area contributed by atoms with E-state index in [1.54, 1.807) is 13.2 Å². The quantitative estimate of drug-likeness (QED) is 0.774. The van der Waals surface area contributed by atoms with Crippen molar-refractivity contribution in [2.24, 2.45) is 0 Å². The Morgan fingerprint density at radius 1 is 1.29 bits per heavy atom. The van der Waals surface area contributed by atoms with E-state index >= 15 is 0 Å². The molecule has 24 heavy (non-hydrogen) atoms. The maximum atomic E-state index is 9.08. The normalized spacial score (nSPS) is 13.5. The number of aromatic amines is 1. The van der Waals surface area contributed by atoms with Crippen molar-refractivity contribution >= 4 is 11.0 Å². The summed E-state index contributed by atoms with van der Waals surface area (Å²) in [6.45, 7) is 4.13. The Balaban J connectivity index is 2.23. The maximum Gasteiger partial charge on any atom is 0.132 e. The van der Waals surface area contributed by atoms with Gasteiger partial charge in [-0.1, -0.05) is 12.1 Å². The number of nitriles is 1. The number of benzene rings is 2. The van der Waals surface area contributed by atoms with Gasteiger partial charge in [0.1, 0.15) is 17.1 Å². The second kappa shape index (κ2) is 5.99. The minimum Gasteiger partial charge on any atom is -0.496 e. The summed E-state index contributed by atoms with van der Waals surface area (Å²) in [5, 5.41) is 12.5. The predicted octanol–water partition coefficient (Wildman–Crippen LogP) is 3.23. The van der Waals surface area contributed by atoms with Gasteiger partial charge in [0, 0.05) is 5.56 Å². The van der Waals surface area contributed by atoms with Gasteiger partial charge in [0.2, 0.25) is 0 Å². The van der Waals surface area contributed by atoms with Crippen molar-refractivity contribution in [2.75, 3.05) is 14.2 Å². The van der Waals surface area contributed by atoms with E-state index in [1.807, 2.05) is 31.3 Å². The predicted molar refractivity (Wildman–Crippen MR) is 94.1 cm³/mol. The number of methoxy groups -OCH3 is 1. The number of hydrogen-bond donors (Lipinski definition) is 2. The van der Waals surface area contributed by atoms with E-state index < -0.39 is 5.54 Å². The van der Waals surface area contributed by atoms with E-state index in [4.69, 9.17) is 15.0 Å². The molecule has 5 nitrogen and oxygen atoms in total. The summed E-state index contributed by atoms with van der Waals surface area (Å²) < 4.78 is 5.58. The van der Waals surface area contributed by atoms with Gasteiger partial charge in [0.05, 0.1) is 29.8 Å². The molecule has 0 aliphatic heterocycles. The van der Waals surface area contributed by atoms with Crippen LogP contribution < -0.4 is 10.1 Å². The van der Waals surface area contributed by atoms with Crippen LogP contribution in [-0.2, 0) is 5.54 Å². The summed E-state index contributed by atoms with van der Waals surface area (Å²) in [6, 6.07) is 13.6. The van der Waals surface area contributed by atoms with Crippen LogP contribution in [-0.4, -0.2) is 24.1 Å². The number of H-pyrrole nitrogens is 1. The smallest absolute Gasteiger partial charge is 0.132 e. The van der Waals surface area contributed by atoms with Crippen LogP contribution in [0.4, 0.5) is 0 Å². The van der Waals surface area contributed by atoms with Crippen molar-refractivity contribution in [3.05, 3.63) is 58.9 Å². The molecule has 0 aliphatic rings. The lowest BCUT2D eigenvalue weighted by Crippen LogP contribution is -2.40. The van der Waals surface area contributed by atoms with E-state index in [0.717, 1.165) is 33.7 Å². The minimum atomic E-state index is -0.553. The Labute approximate surface area is 141 Å². The molecule has 3 rings (SSSR count). The van der Waals surface area contributed by atoms with Crippen LogP contribution >= 0.6 is 0 Å². The van der Waals surface area contributed by atoms with Gasteiger partial charge in [0.15, 0.2) is 0 Å². The molecular formula is C19H20N4O. The molecule has 1 unspecified atom stereocenters. The highest BCUT2D eigenvalue weighted by Crippen LogP contribution is 2.37. The van der Waals surface area contributed by atoms with Crippen LogP contribution in [0.5, 0.6) is 5.75 Å². The molecule has 0 spiro atoms. The second-order valence-electron chi connectivity index (χ2n) is 5.96. The average Bonchev–Trinajstić information content (AvgIpc) is 3.04. The minimum absolute atomic E-state index is 0.553. The van der Waals surface area contributed by atoms with Gasteiger partial charge < -0.3 is 15.0 Å². The zero-order valence-corrected chi connectivity index (χ0v) is 14.3. The fourth-order valence-corrected chi connectivity index (χ4v) is 3.13. The van der Waals surface area contributed by atoms with Crippen molar-refractivity contribution in [1.82, 2.24) is 15.3 Å². The molecule has 0 radical (unpaired) electrons. The van der Waals surface area contributed by atoms with Gasteiger partial charge in [-0.05, 0) is 50.7 Å². The molecule has 1 atom stereocenters. The molecule has 0 saturated carbocycles. The molecule has 5 heteroatoms. The first-order chi connectivity index (χ1) is 11.5. The number of fused-ring (bicyclic) bond motifs is 1. The summed E-state index contributed by atoms with van der Waals surface area (Å²) in [4.78, 5) is 8.10. The summed E-state index contributed by atoms with van der Waals surface area (Å²) in [6.07, 6.45) is 0. The first-order valence-corrected chi connectivity index (χ1v) is 7.77. The summed E-state index contributed by atoms with van der Waals surface area (Å²) in [7, 11) is 3.58. The van der Waals surface area contributed by atoms with Crippen molar-refractivity contribution in [2.45, 2.75) is 19.4 Å². The third-order valence-electron chi connectivity index (χ3n) is 4.54. The molecule has 0 fully saturated rings. The van der Waals surface area contributed by atoms with E-state index in [1.165, 1.54) is 0 Å². The number of nitrogens with zero attached hydrogens (tertiary/aromatic N) is 2. The zero-order valence-electron chi connectivity index (χ0n) is 14.3. The number of aromatic nitrogens is 2. The van der Waals surface area contributed by atoms with E-state index in [-0.39, 0.29) is 0 Å². The summed E-state index contributed by atoms with van der Waals surface area (Å²) >= 11 is 0. The number of hydrogen-bond acceptors (Lipinski definition) is 4. The lowest BCUT2D eigenvalue weighted by Gasteiger charge is -2.30. The van der Waals surface area contributed by atoms with Crippen LogP contribution in [0.1, 0.15) is 29.4 Å². The third kappa shape index (κ3) is 2.41. The molecule has 0 bridgehead atoms. The number of aryl methyl sites for hydroxylation is 1. The molecule has 1 heterocycles. The first-order valence-electron chi connectivity index (χ1n) is 7.77. The number of rotatable bonds is 4. The summed E-state index contributed by atoms with van der Waals surface area (Å²) in [5.74, 6) is 1.59. The monoisotopic (exact) mass is 320 g/mol. The Morgan fingerprint density at radius 2 is 2.08 bits per heavy atom. The first kappa shape index (κ1) is 16.0. The van der Waals surface area contributed by atoms with Crippen LogP contribution in [0, 0.1) is 18.3 Å². The van der Waals surface area contributed by atoms with Gasteiger partial charge in [0.25, 0.3) is 0 Å². The Morgan fingerprint density at radius 3 is 2.75 bits per heavy atom. The summed E-state index contributed by atoms with van der Waals surface area (Å²) in [5.41, 5.74) is 3.88. The van der Waals surface area contributed by atoms with E-state index in [9.17, 15) is 0 Å². The molecule has 2 aromatic carbocycles. The highest BCUT2D eigenvalue weighted by Gasteiger charge is 2.34. The lowest BCUT2D eigenvalue weighted by atomic mass is 9.87. The fraction of sp³-hybridized carbons (Fsp3) is 0.263. The largest absolute Gasteiger partial charge is 0.496 e. The van der Waals surface area contributed by atoms with Crippen LogP contribution in [0.2, 0.25) is 0 Å². The molecule has 1 aromatic heterocycles. The average molecular weight is 320 g/mol. The van der Waals surface area contributed by atoms with Gasteiger partial charge in [-0.15, -0.1) is 0 Å². The SMILES string of the molecule is CNC(C)(c1nc2ccc(C#N)cc2[nH]1)c1c(C)cccc1OC. The lowest BCUT2D eigenvalue weighted by molar-refractivity contribution is 0.379. The van der Waals surface area contributed by atoms with Crippen molar-refractivity contribution in [3.8, 4) is 11.8 Å². The maximum absolute atomic E-state index is 9.08. The van der Waals surface area contributed by atoms with Crippen molar-refractivity contribution in [1.29, 1.82) is 5.26 Å². The molecule has 0 amide bonds. The van der Waals surface area contributed by atoms with Crippen LogP contribution in [0.3, 0.4) is 0 Å². The van der Waals surface area contributed by atoms with E-state index in [2.05, 4.69) is 36.3 Å². The van der Waals surface area contributed by atoms with E-state index in [0.29, 0.717) is 5.56 Å². The topological polar surface area (TPSA) is 73.7 Å². The van der Waals surface area contributed by atoms with Gasteiger partial charge in [-0.2, -0.15) is 5.26 Å². The zero-order chi connectivity index (χ0) is 17.3. The standard InChI is InChI=1S/C19H20N4O/c1-12-6-5-7-16(24-4)17(12)19(2,21-3)18-22-14-9-8-13(11-20)10-15(14)23-18/h5-10,21H,1-4H3,(H,22,23). The molecule has 0 aliphatic carbocycles. The third-order valence-corrected chi connectivity index (χ3v) is 4.54. The highest BCUT2D eigenvalue weighted by atomic mass is 16.5. The van der Waals surface area contributed by atoms with Gasteiger partial charge >= 0.3 is 0 Å². The van der Waals surface area contributed by atoms with Crippen molar-refractivity contribution in [3.63, 3.8) is 0 Å². The van der Waals surface area contributed by atoms with Crippen molar-refractivity contribution < 1.29 is 4.74 Å². The molecular weight excluding hydrogens is 300 g/mol. The Kier molecular flexibility index (Phi) is 4.00. The Bertz CT molecular complexity index is 938. The van der Waals surface area contributed by atoms with Gasteiger partial charge in [-0.3, -0.25) is 0 Å². The Hall–Kier alpha value is -2.84. The highest BCUT2D eigenvalue weighted by molar-refractivity contribution is 5.77. The molecule has 2 N–H and O–H groups in total. The number of ether oxygens (including phenoxy) is 1.